The van der Waals surface area contributed by atoms with Gasteiger partial charge < -0.3 is 0 Å². The van der Waals surface area contributed by atoms with Crippen molar-refractivity contribution in [2.75, 3.05) is 39.3 Å². The van der Waals surface area contributed by atoms with E-state index in [1.54, 1.807) is 24.3 Å². The highest BCUT2D eigenvalue weighted by Crippen LogP contribution is 2.11. The summed E-state index contributed by atoms with van der Waals surface area (Å²) in [5, 5.41) is 0. The van der Waals surface area contributed by atoms with E-state index in [-0.39, 0.29) is 5.82 Å². The highest BCUT2D eigenvalue weighted by molar-refractivity contribution is 7.89. The second-order valence-corrected chi connectivity index (χ2v) is 8.72. The van der Waals surface area contributed by atoms with Gasteiger partial charge in [0.1, 0.15) is 5.82 Å². The number of nitrogens with zero attached hydrogens (tertiary/aromatic N) is 2. The Kier molecular flexibility index (Phi) is 6.59. The van der Waals surface area contributed by atoms with Crippen molar-refractivity contribution < 1.29 is 12.8 Å². The molecule has 1 saturated heterocycles. The fourth-order valence-corrected chi connectivity index (χ4v) is 4.18. The lowest BCUT2D eigenvalue weighted by molar-refractivity contribution is 0.129. The number of aryl methyl sites for hydroxylation is 1. The Morgan fingerprint density at radius 3 is 2.15 bits per heavy atom. The van der Waals surface area contributed by atoms with Crippen LogP contribution in [0.3, 0.4) is 0 Å². The predicted octanol–water partition coefficient (Wildman–Crippen LogP) is 2.23. The normalized spacial score (nSPS) is 16.5. The molecule has 7 heteroatoms. The van der Waals surface area contributed by atoms with Crippen LogP contribution in [0.1, 0.15) is 11.1 Å². The molecule has 1 aliphatic rings. The van der Waals surface area contributed by atoms with Crippen molar-refractivity contribution in [3.8, 4) is 0 Å². The summed E-state index contributed by atoms with van der Waals surface area (Å²) < 4.78 is 40.3. The van der Waals surface area contributed by atoms with E-state index < -0.39 is 10.0 Å². The van der Waals surface area contributed by atoms with Gasteiger partial charge in [0, 0.05) is 45.8 Å². The van der Waals surface area contributed by atoms with Gasteiger partial charge >= 0.3 is 0 Å². The van der Waals surface area contributed by atoms with Crippen molar-refractivity contribution in [3.05, 3.63) is 65.5 Å². The summed E-state index contributed by atoms with van der Waals surface area (Å²) in [7, 11) is -3.45. The van der Waals surface area contributed by atoms with Crippen LogP contribution < -0.4 is 4.72 Å². The van der Waals surface area contributed by atoms with Crippen LogP contribution in [0.5, 0.6) is 0 Å². The number of benzene rings is 2. The molecule has 5 nitrogen and oxygen atoms in total. The molecular formula is C20H26FN3O2S. The summed E-state index contributed by atoms with van der Waals surface area (Å²) in [5.41, 5.74) is 2.14. The first kappa shape index (κ1) is 19.9. The van der Waals surface area contributed by atoms with Gasteiger partial charge in [0.15, 0.2) is 0 Å². The molecule has 1 N–H and O–H groups in total. The van der Waals surface area contributed by atoms with Crippen LogP contribution in [-0.2, 0) is 16.6 Å². The zero-order chi connectivity index (χ0) is 19.3. The van der Waals surface area contributed by atoms with Crippen LogP contribution in [0.4, 0.5) is 4.39 Å². The number of hydrogen-bond acceptors (Lipinski definition) is 4. The van der Waals surface area contributed by atoms with E-state index in [1.165, 1.54) is 12.1 Å². The van der Waals surface area contributed by atoms with Gasteiger partial charge in [0.2, 0.25) is 10.0 Å². The number of hydrogen-bond donors (Lipinski definition) is 1. The van der Waals surface area contributed by atoms with Gasteiger partial charge in [-0.2, -0.15) is 0 Å². The quantitative estimate of drug-likeness (QED) is 0.787. The molecule has 1 fully saturated rings. The van der Waals surface area contributed by atoms with E-state index in [4.69, 9.17) is 0 Å². The fourth-order valence-electron chi connectivity index (χ4n) is 3.16. The molecule has 0 aliphatic carbocycles. The van der Waals surface area contributed by atoms with Gasteiger partial charge in [0.25, 0.3) is 0 Å². The lowest BCUT2D eigenvalue weighted by Gasteiger charge is -2.34. The van der Waals surface area contributed by atoms with Crippen LogP contribution in [0.15, 0.2) is 53.4 Å². The molecule has 1 heterocycles. The first-order chi connectivity index (χ1) is 12.9. The zero-order valence-corrected chi connectivity index (χ0v) is 16.4. The predicted molar refractivity (Wildman–Crippen MR) is 104 cm³/mol. The van der Waals surface area contributed by atoms with E-state index in [9.17, 15) is 12.8 Å². The molecule has 0 aromatic heterocycles. The van der Waals surface area contributed by atoms with Crippen molar-refractivity contribution in [2.45, 2.75) is 18.4 Å². The average Bonchev–Trinajstić information content (AvgIpc) is 2.65. The van der Waals surface area contributed by atoms with E-state index in [0.717, 1.165) is 43.9 Å². The van der Waals surface area contributed by atoms with Gasteiger partial charge in [-0.25, -0.2) is 17.5 Å². The monoisotopic (exact) mass is 391 g/mol. The second kappa shape index (κ2) is 8.93. The topological polar surface area (TPSA) is 52.7 Å². The minimum atomic E-state index is -3.45. The first-order valence-electron chi connectivity index (χ1n) is 9.18. The first-order valence-corrected chi connectivity index (χ1v) is 10.7. The highest BCUT2D eigenvalue weighted by Gasteiger charge is 2.18. The Bertz CT molecular complexity index is 831. The molecule has 1 aliphatic heterocycles. The number of rotatable bonds is 7. The largest absolute Gasteiger partial charge is 0.299 e. The van der Waals surface area contributed by atoms with Crippen molar-refractivity contribution in [1.29, 1.82) is 0 Å². The maximum Gasteiger partial charge on any atom is 0.240 e. The van der Waals surface area contributed by atoms with Crippen molar-refractivity contribution in [2.24, 2.45) is 0 Å². The zero-order valence-electron chi connectivity index (χ0n) is 15.6. The third kappa shape index (κ3) is 5.84. The molecule has 2 aromatic carbocycles. The van der Waals surface area contributed by atoms with E-state index >= 15 is 0 Å². The minimum absolute atomic E-state index is 0.211. The van der Waals surface area contributed by atoms with Crippen molar-refractivity contribution in [1.82, 2.24) is 14.5 Å². The van der Waals surface area contributed by atoms with Crippen LogP contribution in [-0.4, -0.2) is 57.5 Å². The SMILES string of the molecule is Cc1ccc(S(=O)(=O)NCCN2CCN(Cc3ccc(F)cc3)CC2)cc1. The number of halogens is 1. The van der Waals surface area contributed by atoms with Crippen molar-refractivity contribution >= 4 is 10.0 Å². The van der Waals surface area contributed by atoms with E-state index in [0.29, 0.717) is 18.0 Å². The van der Waals surface area contributed by atoms with Crippen LogP contribution in [0.2, 0.25) is 0 Å². The molecule has 0 saturated carbocycles. The van der Waals surface area contributed by atoms with Gasteiger partial charge in [-0.1, -0.05) is 29.8 Å². The molecule has 0 unspecified atom stereocenters. The average molecular weight is 392 g/mol. The van der Waals surface area contributed by atoms with Gasteiger partial charge in [0.05, 0.1) is 4.90 Å². The standard InChI is InChI=1S/C20H26FN3O2S/c1-17-2-8-20(9-3-17)27(25,26)22-10-11-23-12-14-24(15-13-23)16-18-4-6-19(21)7-5-18/h2-9,22H,10-16H2,1H3. The van der Waals surface area contributed by atoms with Gasteiger partial charge in [-0.3, -0.25) is 9.80 Å². The van der Waals surface area contributed by atoms with E-state index in [2.05, 4.69) is 14.5 Å². The Hall–Kier alpha value is -1.80. The van der Waals surface area contributed by atoms with Gasteiger partial charge in [-0.15, -0.1) is 0 Å². The molecule has 0 spiro atoms. The Balaban J connectivity index is 1.40. The maximum atomic E-state index is 13.0. The third-order valence-corrected chi connectivity index (χ3v) is 6.31. The highest BCUT2D eigenvalue weighted by atomic mass is 32.2. The molecule has 2 aromatic rings. The summed E-state index contributed by atoms with van der Waals surface area (Å²) in [5.74, 6) is -0.211. The van der Waals surface area contributed by atoms with Crippen LogP contribution >= 0.6 is 0 Å². The summed E-state index contributed by atoms with van der Waals surface area (Å²) in [6.07, 6.45) is 0. The van der Waals surface area contributed by atoms with Crippen LogP contribution in [0.25, 0.3) is 0 Å². The van der Waals surface area contributed by atoms with Crippen LogP contribution in [0, 0.1) is 12.7 Å². The Labute approximate surface area is 160 Å². The summed E-state index contributed by atoms with van der Waals surface area (Å²) >= 11 is 0. The summed E-state index contributed by atoms with van der Waals surface area (Å²) in [4.78, 5) is 4.90. The Morgan fingerprint density at radius 2 is 1.52 bits per heavy atom. The third-order valence-electron chi connectivity index (χ3n) is 4.84. The lowest BCUT2D eigenvalue weighted by Crippen LogP contribution is -2.48. The summed E-state index contributed by atoms with van der Waals surface area (Å²) in [6, 6.07) is 13.5. The minimum Gasteiger partial charge on any atom is -0.299 e. The van der Waals surface area contributed by atoms with Gasteiger partial charge in [-0.05, 0) is 36.8 Å². The summed E-state index contributed by atoms with van der Waals surface area (Å²) in [6.45, 7) is 7.46. The molecular weight excluding hydrogens is 365 g/mol. The Morgan fingerprint density at radius 1 is 0.926 bits per heavy atom. The lowest BCUT2D eigenvalue weighted by atomic mass is 10.2. The maximum absolute atomic E-state index is 13.0. The second-order valence-electron chi connectivity index (χ2n) is 6.96. The molecule has 0 amide bonds. The number of piperazine rings is 1. The fraction of sp³-hybridized carbons (Fsp3) is 0.400. The molecule has 0 bridgehead atoms. The number of nitrogens with one attached hydrogen (secondary N) is 1. The molecule has 0 radical (unpaired) electrons. The number of sulfonamides is 1. The molecule has 146 valence electrons. The molecule has 0 atom stereocenters. The smallest absolute Gasteiger partial charge is 0.240 e. The molecule has 27 heavy (non-hydrogen) atoms. The molecule has 3 rings (SSSR count). The van der Waals surface area contributed by atoms with E-state index in [1.807, 2.05) is 19.1 Å². The van der Waals surface area contributed by atoms with Crippen molar-refractivity contribution in [3.63, 3.8) is 0 Å².